The van der Waals surface area contributed by atoms with E-state index < -0.39 is 0 Å². The van der Waals surface area contributed by atoms with E-state index in [9.17, 15) is 4.79 Å². The average molecular weight is 452 g/mol. The number of hydrogen-bond donors (Lipinski definition) is 0. The van der Waals surface area contributed by atoms with E-state index in [1.165, 1.54) is 11.3 Å². The summed E-state index contributed by atoms with van der Waals surface area (Å²) in [6, 6.07) is 25.2. The van der Waals surface area contributed by atoms with Crippen molar-refractivity contribution in [3.8, 4) is 5.75 Å². The fourth-order valence-electron chi connectivity index (χ4n) is 3.64. The second-order valence-electron chi connectivity index (χ2n) is 7.32. The SMILES string of the molecule is CCOc1ccc(N(C(=O)/C=C/c2cccc3cccnc23)c2nc3ccccc3s2)cc1. The van der Waals surface area contributed by atoms with E-state index in [0.29, 0.717) is 11.7 Å². The Kier molecular flexibility index (Phi) is 5.83. The van der Waals surface area contributed by atoms with Crippen LogP contribution in [0.3, 0.4) is 0 Å². The molecule has 5 rings (SSSR count). The smallest absolute Gasteiger partial charge is 0.257 e. The molecule has 0 saturated carbocycles. The van der Waals surface area contributed by atoms with Crippen LogP contribution in [-0.2, 0) is 4.79 Å². The maximum absolute atomic E-state index is 13.5. The first-order valence-corrected chi connectivity index (χ1v) is 11.5. The molecule has 0 spiro atoms. The third-order valence-corrected chi connectivity index (χ3v) is 6.19. The van der Waals surface area contributed by atoms with Crippen molar-refractivity contribution in [1.29, 1.82) is 0 Å². The Morgan fingerprint density at radius 1 is 1.00 bits per heavy atom. The molecule has 0 atom stereocenters. The van der Waals surface area contributed by atoms with Gasteiger partial charge in [0.05, 0.1) is 28.0 Å². The van der Waals surface area contributed by atoms with Gasteiger partial charge in [0.1, 0.15) is 5.75 Å². The summed E-state index contributed by atoms with van der Waals surface area (Å²) in [4.78, 5) is 24.3. The molecule has 5 aromatic rings. The number of amides is 1. The standard InChI is InChI=1S/C27H21N3O2S/c1-2-32-22-15-13-21(14-16-22)30(27-29-23-10-3-4-11-24(23)33-27)25(31)17-12-20-8-5-7-19-9-6-18-28-26(19)20/h3-18H,2H2,1H3/b17-12+. The molecule has 5 nitrogen and oxygen atoms in total. The molecule has 0 unspecified atom stereocenters. The topological polar surface area (TPSA) is 55.3 Å². The highest BCUT2D eigenvalue weighted by molar-refractivity contribution is 7.22. The molecule has 0 N–H and O–H groups in total. The van der Waals surface area contributed by atoms with Crippen LogP contribution in [0.2, 0.25) is 0 Å². The summed E-state index contributed by atoms with van der Waals surface area (Å²) in [5.41, 5.74) is 3.33. The van der Waals surface area contributed by atoms with E-state index in [2.05, 4.69) is 4.98 Å². The van der Waals surface area contributed by atoms with Crippen molar-refractivity contribution in [2.75, 3.05) is 11.5 Å². The highest BCUT2D eigenvalue weighted by Crippen LogP contribution is 2.34. The quantitative estimate of drug-likeness (QED) is 0.272. The third kappa shape index (κ3) is 4.33. The third-order valence-electron chi connectivity index (χ3n) is 5.17. The molecule has 0 aliphatic carbocycles. The van der Waals surface area contributed by atoms with Crippen molar-refractivity contribution in [2.45, 2.75) is 6.92 Å². The molecule has 6 heteroatoms. The van der Waals surface area contributed by atoms with Crippen molar-refractivity contribution in [3.05, 3.63) is 96.7 Å². The van der Waals surface area contributed by atoms with Gasteiger partial charge in [-0.1, -0.05) is 47.7 Å². The van der Waals surface area contributed by atoms with Crippen LogP contribution in [0.15, 0.2) is 91.1 Å². The van der Waals surface area contributed by atoms with Crippen LogP contribution < -0.4 is 9.64 Å². The predicted molar refractivity (Wildman–Crippen MR) is 135 cm³/mol. The van der Waals surface area contributed by atoms with E-state index in [4.69, 9.17) is 9.72 Å². The lowest BCUT2D eigenvalue weighted by Crippen LogP contribution is -2.23. The van der Waals surface area contributed by atoms with Crippen molar-refractivity contribution >= 4 is 55.3 Å². The minimum absolute atomic E-state index is 0.189. The molecule has 33 heavy (non-hydrogen) atoms. The summed E-state index contributed by atoms with van der Waals surface area (Å²) < 4.78 is 6.59. The van der Waals surface area contributed by atoms with Crippen LogP contribution in [0.5, 0.6) is 5.75 Å². The number of hydrogen-bond acceptors (Lipinski definition) is 5. The van der Waals surface area contributed by atoms with Crippen LogP contribution in [-0.4, -0.2) is 22.5 Å². The number of nitrogens with zero attached hydrogens (tertiary/aromatic N) is 3. The molecule has 0 saturated heterocycles. The predicted octanol–water partition coefficient (Wildman–Crippen LogP) is 6.62. The summed E-state index contributed by atoms with van der Waals surface area (Å²) >= 11 is 1.48. The summed E-state index contributed by atoms with van der Waals surface area (Å²) in [6.07, 6.45) is 5.15. The Morgan fingerprint density at radius 3 is 2.64 bits per heavy atom. The zero-order valence-electron chi connectivity index (χ0n) is 18.0. The summed E-state index contributed by atoms with van der Waals surface area (Å²) in [7, 11) is 0. The lowest BCUT2D eigenvalue weighted by Gasteiger charge is -2.18. The van der Waals surface area contributed by atoms with Crippen LogP contribution in [0.25, 0.3) is 27.2 Å². The molecule has 0 fully saturated rings. The van der Waals surface area contributed by atoms with E-state index in [1.54, 1.807) is 17.2 Å². The van der Waals surface area contributed by atoms with Gasteiger partial charge < -0.3 is 4.74 Å². The Labute approximate surface area is 195 Å². The number of carbonyl (C=O) groups is 1. The van der Waals surface area contributed by atoms with E-state index in [0.717, 1.165) is 38.1 Å². The highest BCUT2D eigenvalue weighted by Gasteiger charge is 2.20. The number of pyridine rings is 1. The largest absolute Gasteiger partial charge is 0.494 e. The monoisotopic (exact) mass is 451 g/mol. The molecule has 0 bridgehead atoms. The van der Waals surface area contributed by atoms with Crippen molar-refractivity contribution in [3.63, 3.8) is 0 Å². The molecular weight excluding hydrogens is 430 g/mol. The van der Waals surface area contributed by atoms with Gasteiger partial charge in [-0.05, 0) is 55.5 Å². The number of benzene rings is 3. The number of fused-ring (bicyclic) bond motifs is 2. The Morgan fingerprint density at radius 2 is 1.82 bits per heavy atom. The molecular formula is C27H21N3O2S. The van der Waals surface area contributed by atoms with Gasteiger partial charge in [-0.3, -0.25) is 14.7 Å². The first-order chi connectivity index (χ1) is 16.2. The summed E-state index contributed by atoms with van der Waals surface area (Å²) in [5.74, 6) is 0.571. The van der Waals surface area contributed by atoms with E-state index in [1.807, 2.05) is 91.9 Å². The van der Waals surface area contributed by atoms with E-state index in [-0.39, 0.29) is 5.91 Å². The lowest BCUT2D eigenvalue weighted by molar-refractivity contribution is -0.113. The normalized spacial score (nSPS) is 11.3. The number of anilines is 2. The van der Waals surface area contributed by atoms with Crippen molar-refractivity contribution in [2.24, 2.45) is 0 Å². The van der Waals surface area contributed by atoms with Crippen molar-refractivity contribution in [1.82, 2.24) is 9.97 Å². The molecule has 2 aromatic heterocycles. The summed E-state index contributed by atoms with van der Waals surface area (Å²) in [5, 5.41) is 1.65. The number of para-hydroxylation sites is 2. The fourth-order valence-corrected chi connectivity index (χ4v) is 4.64. The van der Waals surface area contributed by atoms with E-state index >= 15 is 0 Å². The summed E-state index contributed by atoms with van der Waals surface area (Å²) in [6.45, 7) is 2.53. The second kappa shape index (κ2) is 9.22. The van der Waals surface area contributed by atoms with Gasteiger partial charge >= 0.3 is 0 Å². The number of aromatic nitrogens is 2. The average Bonchev–Trinajstić information content (AvgIpc) is 3.27. The van der Waals surface area contributed by atoms with Gasteiger partial charge in [-0.25, -0.2) is 4.98 Å². The maximum atomic E-state index is 13.5. The number of carbonyl (C=O) groups excluding carboxylic acids is 1. The van der Waals surface area contributed by atoms with Gasteiger partial charge in [0.25, 0.3) is 5.91 Å². The van der Waals surface area contributed by atoms with Gasteiger partial charge in [0, 0.05) is 23.2 Å². The maximum Gasteiger partial charge on any atom is 0.257 e. The van der Waals surface area contributed by atoms with Crippen LogP contribution >= 0.6 is 11.3 Å². The number of ether oxygens (including phenoxy) is 1. The van der Waals surface area contributed by atoms with Crippen LogP contribution in [0.4, 0.5) is 10.8 Å². The molecule has 1 amide bonds. The molecule has 162 valence electrons. The minimum Gasteiger partial charge on any atom is -0.494 e. The Bertz CT molecular complexity index is 1420. The van der Waals surface area contributed by atoms with Crippen LogP contribution in [0.1, 0.15) is 12.5 Å². The second-order valence-corrected chi connectivity index (χ2v) is 8.33. The first-order valence-electron chi connectivity index (χ1n) is 10.7. The van der Waals surface area contributed by atoms with Gasteiger partial charge in [-0.2, -0.15) is 0 Å². The lowest BCUT2D eigenvalue weighted by atomic mass is 10.1. The van der Waals surface area contributed by atoms with Gasteiger partial charge in [0.2, 0.25) is 0 Å². The van der Waals surface area contributed by atoms with Gasteiger partial charge in [-0.15, -0.1) is 0 Å². The molecule has 2 heterocycles. The zero-order chi connectivity index (χ0) is 22.6. The number of thiazole rings is 1. The van der Waals surface area contributed by atoms with Crippen LogP contribution in [0, 0.1) is 0 Å². The minimum atomic E-state index is -0.189. The molecule has 3 aromatic carbocycles. The molecule has 0 aliphatic heterocycles. The Hall–Kier alpha value is -4.03. The number of rotatable bonds is 6. The van der Waals surface area contributed by atoms with Crippen molar-refractivity contribution < 1.29 is 9.53 Å². The fraction of sp³-hybridized carbons (Fsp3) is 0.0741. The van der Waals surface area contributed by atoms with Gasteiger partial charge in [0.15, 0.2) is 5.13 Å². The molecule has 0 radical (unpaired) electrons. The molecule has 0 aliphatic rings. The Balaban J connectivity index is 1.54. The highest BCUT2D eigenvalue weighted by atomic mass is 32.1. The zero-order valence-corrected chi connectivity index (χ0v) is 18.8. The first kappa shape index (κ1) is 20.8.